The Hall–Kier alpha value is -3.65. The Morgan fingerprint density at radius 3 is 1.05 bits per heavy atom. The molecule has 0 atom stereocenters. The van der Waals surface area contributed by atoms with E-state index in [0.29, 0.717) is 139 Å². The highest BCUT2D eigenvalue weighted by Crippen LogP contribution is 2.29. The van der Waals surface area contributed by atoms with E-state index >= 15 is 0 Å². The third-order valence-corrected chi connectivity index (χ3v) is 7.66. The molecule has 0 saturated heterocycles. The number of hydrogen-bond donors (Lipinski definition) is 1. The molecule has 0 bridgehead atoms. The van der Waals surface area contributed by atoms with Crippen molar-refractivity contribution in [3.8, 4) is 5.75 Å². The average molecular weight is 918 g/mol. The van der Waals surface area contributed by atoms with E-state index < -0.39 is 53.3 Å². The van der Waals surface area contributed by atoms with Crippen LogP contribution in [-0.2, 0) is 73.0 Å². The van der Waals surface area contributed by atoms with Gasteiger partial charge in [0, 0.05) is 6.54 Å². The van der Waals surface area contributed by atoms with Gasteiger partial charge in [-0.25, -0.2) is 18.0 Å². The number of nitrogens with one attached hydrogen (secondary N) is 1. The van der Waals surface area contributed by atoms with Crippen LogP contribution in [-0.4, -0.2) is 177 Å². The lowest BCUT2D eigenvalue weighted by Crippen LogP contribution is -2.28. The van der Waals surface area contributed by atoms with E-state index in [1.54, 1.807) is 0 Å². The van der Waals surface area contributed by atoms with E-state index in [-0.39, 0.29) is 33.0 Å². The van der Waals surface area contributed by atoms with Gasteiger partial charge < -0.3 is 71.6 Å². The van der Waals surface area contributed by atoms with Crippen LogP contribution in [0.15, 0.2) is 30.3 Å². The fourth-order valence-electron chi connectivity index (χ4n) is 4.52. The van der Waals surface area contributed by atoms with Crippen molar-refractivity contribution in [2.45, 2.75) is 13.0 Å². The Balaban J connectivity index is 1.17. The van der Waals surface area contributed by atoms with Crippen molar-refractivity contribution in [3.05, 3.63) is 65.0 Å². The van der Waals surface area contributed by atoms with Crippen LogP contribution in [0, 0.1) is 29.1 Å². The lowest BCUT2D eigenvalue weighted by atomic mass is 10.2. The van der Waals surface area contributed by atoms with Gasteiger partial charge in [0.25, 0.3) is 0 Å². The van der Waals surface area contributed by atoms with Gasteiger partial charge in [0.1, 0.15) is 6.61 Å². The molecule has 17 nitrogen and oxygen atoms in total. The first-order valence-electron chi connectivity index (χ1n) is 20.4. The number of alkyl carbamates (subject to hydrolysis) is 1. The van der Waals surface area contributed by atoms with E-state index in [2.05, 4.69) is 10.1 Å². The summed E-state index contributed by atoms with van der Waals surface area (Å²) in [4.78, 5) is 23.3. The van der Waals surface area contributed by atoms with E-state index in [4.69, 9.17) is 61.6 Å². The summed E-state index contributed by atoms with van der Waals surface area (Å²) < 4.78 is 141. The number of amides is 1. The van der Waals surface area contributed by atoms with Crippen LogP contribution in [0.25, 0.3) is 0 Å². The van der Waals surface area contributed by atoms with Gasteiger partial charge >= 0.3 is 12.1 Å². The highest BCUT2D eigenvalue weighted by Gasteiger charge is 2.28. The molecule has 0 aliphatic heterocycles. The quantitative estimate of drug-likeness (QED) is 0.0254. The molecule has 0 fully saturated rings. The maximum atomic E-state index is 13.6. The molecule has 0 aliphatic rings. The van der Waals surface area contributed by atoms with Gasteiger partial charge in [0.2, 0.25) is 34.8 Å². The zero-order valence-corrected chi connectivity index (χ0v) is 35.4. The third kappa shape index (κ3) is 29.4. The molecular weight excluding hydrogens is 857 g/mol. The van der Waals surface area contributed by atoms with Crippen molar-refractivity contribution in [2.24, 2.45) is 0 Å². The Morgan fingerprint density at radius 2 is 0.698 bits per heavy atom. The van der Waals surface area contributed by atoms with Gasteiger partial charge in [0.05, 0.1) is 165 Å². The number of benzene rings is 2. The van der Waals surface area contributed by atoms with Crippen LogP contribution in [0.3, 0.4) is 0 Å². The summed E-state index contributed by atoms with van der Waals surface area (Å²) in [6.07, 6.45) is -0.982. The summed E-state index contributed by atoms with van der Waals surface area (Å²) in [6, 6.07) is 9.44. The number of hydrogen-bond acceptors (Lipinski definition) is 16. The maximum Gasteiger partial charge on any atom is 0.407 e. The Kier molecular flexibility index (Phi) is 34.1. The summed E-state index contributed by atoms with van der Waals surface area (Å²) >= 11 is 0. The van der Waals surface area contributed by atoms with Crippen LogP contribution in [0.2, 0.25) is 0 Å². The van der Waals surface area contributed by atoms with Gasteiger partial charge in [-0.05, 0) is 5.56 Å². The van der Waals surface area contributed by atoms with Crippen molar-refractivity contribution in [2.75, 3.05) is 165 Å². The SMILES string of the molecule is O=C(CCOCCOCCOCCOCCOCCOCCOCCOCCOCCOCCOCCOCCNC(=O)OCc1ccccc1)Oc1c(F)c(F)c(F)c(F)c1F. The van der Waals surface area contributed by atoms with E-state index in [9.17, 15) is 31.5 Å². The minimum Gasteiger partial charge on any atom is -0.445 e. The average Bonchev–Trinajstić information content (AvgIpc) is 3.29. The molecule has 0 radical (unpaired) electrons. The molecule has 0 heterocycles. The van der Waals surface area contributed by atoms with E-state index in [1.807, 2.05) is 30.3 Å². The zero-order chi connectivity index (χ0) is 45.4. The fraction of sp³-hybridized carbons (Fsp3) is 0.659. The molecule has 0 aliphatic carbocycles. The van der Waals surface area contributed by atoms with Gasteiger partial charge in [-0.2, -0.15) is 8.78 Å². The standard InChI is InChI=1S/C41H60F5NO16/c42-35-36(43)38(45)40(39(46)37(35)44)63-34(48)6-8-50-10-12-52-14-16-54-18-20-56-22-24-58-26-28-60-30-31-61-29-27-59-25-23-57-21-19-55-17-15-53-13-11-51-9-7-47-41(49)62-32-33-4-2-1-3-5-33/h1-5H,6-32H2,(H,47,49). The molecule has 0 unspecified atom stereocenters. The lowest BCUT2D eigenvalue weighted by Gasteiger charge is -2.09. The second-order valence-corrected chi connectivity index (χ2v) is 12.5. The third-order valence-electron chi connectivity index (χ3n) is 7.66. The number of carbonyl (C=O) groups is 2. The van der Waals surface area contributed by atoms with Crippen molar-refractivity contribution in [3.63, 3.8) is 0 Å². The molecule has 1 amide bonds. The van der Waals surface area contributed by atoms with Crippen LogP contribution in [0.4, 0.5) is 26.7 Å². The Labute approximate surface area is 363 Å². The van der Waals surface area contributed by atoms with Gasteiger partial charge in [-0.3, -0.25) is 4.79 Å². The molecule has 2 aromatic carbocycles. The van der Waals surface area contributed by atoms with Crippen molar-refractivity contribution < 1.29 is 97.9 Å². The lowest BCUT2D eigenvalue weighted by molar-refractivity contribution is -0.136. The molecule has 0 spiro atoms. The van der Waals surface area contributed by atoms with Crippen LogP contribution in [0.5, 0.6) is 5.75 Å². The van der Waals surface area contributed by atoms with Gasteiger partial charge in [0.15, 0.2) is 0 Å². The topological polar surface area (TPSA) is 175 Å². The predicted molar refractivity (Wildman–Crippen MR) is 211 cm³/mol. The maximum absolute atomic E-state index is 13.6. The number of rotatable bonds is 42. The van der Waals surface area contributed by atoms with Gasteiger partial charge in [-0.1, -0.05) is 30.3 Å². The molecule has 1 N–H and O–H groups in total. The van der Waals surface area contributed by atoms with Crippen molar-refractivity contribution in [1.29, 1.82) is 0 Å². The second kappa shape index (κ2) is 38.8. The number of carbonyl (C=O) groups excluding carboxylic acids is 2. The highest BCUT2D eigenvalue weighted by molar-refractivity contribution is 5.72. The summed E-state index contributed by atoms with van der Waals surface area (Å²) in [5, 5.41) is 2.63. The van der Waals surface area contributed by atoms with Crippen molar-refractivity contribution >= 4 is 12.1 Å². The Bertz CT molecular complexity index is 1430. The summed E-state index contributed by atoms with van der Waals surface area (Å²) in [6.45, 7) is 9.07. The number of ether oxygens (including phenoxy) is 14. The first kappa shape index (κ1) is 55.5. The summed E-state index contributed by atoms with van der Waals surface area (Å²) in [7, 11) is 0. The summed E-state index contributed by atoms with van der Waals surface area (Å²) in [5.41, 5.74) is 0.921. The predicted octanol–water partition coefficient (Wildman–Crippen LogP) is 3.80. The summed E-state index contributed by atoms with van der Waals surface area (Å²) in [5.74, 6) is -14.2. The van der Waals surface area contributed by atoms with Crippen LogP contribution >= 0.6 is 0 Å². The minimum absolute atomic E-state index is 0.0725. The second-order valence-electron chi connectivity index (χ2n) is 12.5. The number of esters is 1. The fourth-order valence-corrected chi connectivity index (χ4v) is 4.52. The molecular formula is C41H60F5NO16. The molecule has 360 valence electrons. The van der Waals surface area contributed by atoms with E-state index in [0.717, 1.165) is 5.56 Å². The first-order chi connectivity index (χ1) is 30.8. The molecule has 0 saturated carbocycles. The smallest absolute Gasteiger partial charge is 0.407 e. The molecule has 22 heteroatoms. The normalized spacial score (nSPS) is 11.3. The van der Waals surface area contributed by atoms with E-state index in [1.165, 1.54) is 0 Å². The molecule has 0 aromatic heterocycles. The molecule has 2 rings (SSSR count). The van der Waals surface area contributed by atoms with Gasteiger partial charge in [-0.15, -0.1) is 0 Å². The Morgan fingerprint density at radius 1 is 0.397 bits per heavy atom. The molecule has 2 aromatic rings. The number of halogens is 5. The van der Waals surface area contributed by atoms with Crippen molar-refractivity contribution in [1.82, 2.24) is 5.32 Å². The monoisotopic (exact) mass is 917 g/mol. The van der Waals surface area contributed by atoms with Crippen LogP contribution in [0.1, 0.15) is 12.0 Å². The highest BCUT2D eigenvalue weighted by atomic mass is 19.2. The molecule has 63 heavy (non-hydrogen) atoms. The minimum atomic E-state index is -2.35. The van der Waals surface area contributed by atoms with Crippen LogP contribution < -0.4 is 10.1 Å². The largest absolute Gasteiger partial charge is 0.445 e. The first-order valence-corrected chi connectivity index (χ1v) is 20.4. The zero-order valence-electron chi connectivity index (χ0n) is 35.4.